The quantitative estimate of drug-likeness (QED) is 0.730. The summed E-state index contributed by atoms with van der Waals surface area (Å²) in [6.07, 6.45) is 1.19. The Morgan fingerprint density at radius 1 is 1.27 bits per heavy atom. The van der Waals surface area contributed by atoms with Gasteiger partial charge in [0.1, 0.15) is 17.5 Å². The number of fused-ring (bicyclic) bond motifs is 1. The molecule has 3 rings (SSSR count). The molecule has 2 heterocycles. The van der Waals surface area contributed by atoms with Crippen LogP contribution in [0.5, 0.6) is 11.5 Å². The fourth-order valence-corrected chi connectivity index (χ4v) is 4.52. The molecule has 0 spiro atoms. The zero-order valence-electron chi connectivity index (χ0n) is 14.6. The number of methoxy groups -OCH3 is 1. The first-order valence-corrected chi connectivity index (χ1v) is 9.23. The summed E-state index contributed by atoms with van der Waals surface area (Å²) in [6, 6.07) is 6.23. The second-order valence-electron chi connectivity index (χ2n) is 6.27. The number of hydrogen-bond donors (Lipinski definition) is 2. The molecule has 2 N–H and O–H groups in total. The van der Waals surface area contributed by atoms with Gasteiger partial charge in [0, 0.05) is 12.2 Å². The highest BCUT2D eigenvalue weighted by Gasteiger charge is 2.52. The maximum absolute atomic E-state index is 12.3. The molecule has 1 aromatic rings. The van der Waals surface area contributed by atoms with Gasteiger partial charge in [0.05, 0.1) is 12.0 Å². The minimum absolute atomic E-state index is 0.0215. The molecular weight excluding hydrogens is 358 g/mol. The molecule has 140 valence electrons. The van der Waals surface area contributed by atoms with Gasteiger partial charge in [-0.25, -0.2) is 0 Å². The van der Waals surface area contributed by atoms with Crippen LogP contribution in [0.15, 0.2) is 24.3 Å². The molecule has 0 aromatic heterocycles. The smallest absolute Gasteiger partial charge is 0.276 e. The largest absolute Gasteiger partial charge is 0.497 e. The molecule has 0 bridgehead atoms. The molecule has 0 aliphatic carbocycles. The van der Waals surface area contributed by atoms with E-state index in [0.29, 0.717) is 23.7 Å². The Balaban J connectivity index is 1.45. The standard InChI is InChI=1S/C17H21N3O5S/c1-17-8-7-15(22)20(17)13(10-26-17)16(23)19-18-14(21)9-25-12-5-3-11(24-2)4-6-12/h3-6,13H,7-10H2,1-2H3,(H,18,21)(H,19,23)/t13-,17+/m1/s1. The summed E-state index contributed by atoms with van der Waals surface area (Å²) >= 11 is 1.60. The summed E-state index contributed by atoms with van der Waals surface area (Å²) in [5, 5.41) is 0. The van der Waals surface area contributed by atoms with Crippen LogP contribution in [-0.4, -0.2) is 53.0 Å². The molecule has 0 radical (unpaired) electrons. The van der Waals surface area contributed by atoms with Gasteiger partial charge in [0.25, 0.3) is 11.8 Å². The molecule has 0 saturated carbocycles. The molecule has 2 aliphatic heterocycles. The minimum atomic E-state index is -0.567. The number of hydrazine groups is 1. The van der Waals surface area contributed by atoms with Crippen LogP contribution in [0.25, 0.3) is 0 Å². The number of hydrogen-bond acceptors (Lipinski definition) is 6. The zero-order chi connectivity index (χ0) is 18.7. The Kier molecular flexibility index (Phi) is 5.26. The van der Waals surface area contributed by atoms with Gasteiger partial charge in [-0.2, -0.15) is 0 Å². The Morgan fingerprint density at radius 2 is 1.96 bits per heavy atom. The van der Waals surface area contributed by atoms with Crippen molar-refractivity contribution >= 4 is 29.5 Å². The lowest BCUT2D eigenvalue weighted by Gasteiger charge is -2.29. The first kappa shape index (κ1) is 18.4. The Morgan fingerprint density at radius 3 is 2.65 bits per heavy atom. The average molecular weight is 379 g/mol. The lowest BCUT2D eigenvalue weighted by atomic mass is 10.2. The average Bonchev–Trinajstić information content (AvgIpc) is 3.14. The van der Waals surface area contributed by atoms with Crippen LogP contribution in [0.4, 0.5) is 0 Å². The van der Waals surface area contributed by atoms with Crippen molar-refractivity contribution in [1.29, 1.82) is 0 Å². The fraction of sp³-hybridized carbons (Fsp3) is 0.471. The lowest BCUT2D eigenvalue weighted by Crippen LogP contribution is -2.54. The van der Waals surface area contributed by atoms with Crippen molar-refractivity contribution < 1.29 is 23.9 Å². The summed E-state index contributed by atoms with van der Waals surface area (Å²) in [4.78, 5) is 37.5. The summed E-state index contributed by atoms with van der Waals surface area (Å²) in [6.45, 7) is 1.73. The monoisotopic (exact) mass is 379 g/mol. The van der Waals surface area contributed by atoms with Crippen molar-refractivity contribution in [3.05, 3.63) is 24.3 Å². The van der Waals surface area contributed by atoms with Gasteiger partial charge >= 0.3 is 0 Å². The summed E-state index contributed by atoms with van der Waals surface area (Å²) in [5.41, 5.74) is 4.71. The summed E-state index contributed by atoms with van der Waals surface area (Å²) < 4.78 is 10.4. The van der Waals surface area contributed by atoms with E-state index in [1.165, 1.54) is 0 Å². The molecule has 2 fully saturated rings. The number of carbonyl (C=O) groups is 3. The zero-order valence-corrected chi connectivity index (χ0v) is 15.4. The van der Waals surface area contributed by atoms with Gasteiger partial charge in [-0.05, 0) is 37.6 Å². The number of thioether (sulfide) groups is 1. The second kappa shape index (κ2) is 7.45. The van der Waals surface area contributed by atoms with Crippen LogP contribution in [0.2, 0.25) is 0 Å². The highest BCUT2D eigenvalue weighted by atomic mass is 32.2. The normalized spacial score (nSPS) is 24.2. The fourth-order valence-electron chi connectivity index (χ4n) is 3.09. The topological polar surface area (TPSA) is 97.0 Å². The van der Waals surface area contributed by atoms with Gasteiger partial charge in [-0.3, -0.25) is 25.2 Å². The molecule has 3 amide bonds. The van der Waals surface area contributed by atoms with Crippen LogP contribution >= 0.6 is 11.8 Å². The molecule has 26 heavy (non-hydrogen) atoms. The van der Waals surface area contributed by atoms with E-state index in [9.17, 15) is 14.4 Å². The predicted octanol–water partition coefficient (Wildman–Crippen LogP) is 0.675. The maximum atomic E-state index is 12.3. The van der Waals surface area contributed by atoms with Crippen molar-refractivity contribution in [2.45, 2.75) is 30.7 Å². The van der Waals surface area contributed by atoms with E-state index in [4.69, 9.17) is 9.47 Å². The molecule has 2 atom stereocenters. The maximum Gasteiger partial charge on any atom is 0.276 e. The van der Waals surface area contributed by atoms with E-state index in [1.807, 2.05) is 6.92 Å². The number of carbonyl (C=O) groups excluding carboxylic acids is 3. The summed E-state index contributed by atoms with van der Waals surface area (Å²) in [5.74, 6) is 0.813. The van der Waals surface area contributed by atoms with Crippen LogP contribution < -0.4 is 20.3 Å². The molecular formula is C17H21N3O5S. The van der Waals surface area contributed by atoms with Crippen molar-refractivity contribution in [2.75, 3.05) is 19.5 Å². The van der Waals surface area contributed by atoms with Crippen LogP contribution in [0.3, 0.4) is 0 Å². The Hall–Kier alpha value is -2.42. The second-order valence-corrected chi connectivity index (χ2v) is 7.77. The molecule has 1 aromatic carbocycles. The van der Waals surface area contributed by atoms with E-state index >= 15 is 0 Å². The van der Waals surface area contributed by atoms with E-state index < -0.39 is 17.9 Å². The molecule has 0 unspecified atom stereocenters. The number of amides is 3. The number of nitrogens with one attached hydrogen (secondary N) is 2. The van der Waals surface area contributed by atoms with Gasteiger partial charge < -0.3 is 14.4 Å². The molecule has 2 saturated heterocycles. The van der Waals surface area contributed by atoms with Crippen LogP contribution in [-0.2, 0) is 14.4 Å². The third-order valence-electron chi connectivity index (χ3n) is 4.50. The van der Waals surface area contributed by atoms with Crippen molar-refractivity contribution in [2.24, 2.45) is 0 Å². The summed E-state index contributed by atoms with van der Waals surface area (Å²) in [7, 11) is 1.56. The highest BCUT2D eigenvalue weighted by Crippen LogP contribution is 2.47. The van der Waals surface area contributed by atoms with Crippen molar-refractivity contribution in [3.63, 3.8) is 0 Å². The Labute approximate surface area is 155 Å². The Bertz CT molecular complexity index is 711. The van der Waals surface area contributed by atoms with E-state index in [1.54, 1.807) is 48.0 Å². The SMILES string of the molecule is COc1ccc(OCC(=O)NNC(=O)[C@H]2CS[C@@]3(C)CCC(=O)N23)cc1. The lowest BCUT2D eigenvalue weighted by molar-refractivity contribution is -0.139. The first-order chi connectivity index (χ1) is 12.4. The molecule has 2 aliphatic rings. The first-order valence-electron chi connectivity index (χ1n) is 8.24. The highest BCUT2D eigenvalue weighted by molar-refractivity contribution is 8.01. The van der Waals surface area contributed by atoms with Crippen LogP contribution in [0, 0.1) is 0 Å². The predicted molar refractivity (Wildman–Crippen MR) is 95.5 cm³/mol. The van der Waals surface area contributed by atoms with E-state index in [0.717, 1.165) is 6.42 Å². The van der Waals surface area contributed by atoms with E-state index in [-0.39, 0.29) is 17.4 Å². The van der Waals surface area contributed by atoms with Crippen molar-refractivity contribution in [3.8, 4) is 11.5 Å². The van der Waals surface area contributed by atoms with E-state index in [2.05, 4.69) is 10.9 Å². The number of rotatable bonds is 5. The number of benzene rings is 1. The van der Waals surface area contributed by atoms with Gasteiger partial charge in [-0.1, -0.05) is 0 Å². The van der Waals surface area contributed by atoms with Gasteiger partial charge in [0.2, 0.25) is 5.91 Å². The third-order valence-corrected chi connectivity index (χ3v) is 6.01. The van der Waals surface area contributed by atoms with Crippen LogP contribution in [0.1, 0.15) is 19.8 Å². The third kappa shape index (κ3) is 3.72. The number of ether oxygens (including phenoxy) is 2. The van der Waals surface area contributed by atoms with Crippen molar-refractivity contribution in [1.82, 2.24) is 15.8 Å². The molecule has 9 heteroatoms. The number of nitrogens with zero attached hydrogens (tertiary/aromatic N) is 1. The van der Waals surface area contributed by atoms with Gasteiger partial charge in [-0.15, -0.1) is 11.8 Å². The minimum Gasteiger partial charge on any atom is -0.497 e. The molecule has 8 nitrogen and oxygen atoms in total. The van der Waals surface area contributed by atoms with Gasteiger partial charge in [0.15, 0.2) is 6.61 Å².